The molecule has 0 bridgehead atoms. The SMILES string of the molecule is CCn1nnc2c(NCCc3cccc(OC)c3)ncnc21. The van der Waals surface area contributed by atoms with Gasteiger partial charge in [-0.3, -0.25) is 0 Å². The topological polar surface area (TPSA) is 77.8 Å². The molecule has 2 heterocycles. The maximum Gasteiger partial charge on any atom is 0.183 e. The van der Waals surface area contributed by atoms with Crippen LogP contribution >= 0.6 is 0 Å². The highest BCUT2D eigenvalue weighted by Gasteiger charge is 2.10. The van der Waals surface area contributed by atoms with Gasteiger partial charge in [-0.05, 0) is 31.0 Å². The zero-order valence-corrected chi connectivity index (χ0v) is 12.7. The molecule has 0 radical (unpaired) electrons. The van der Waals surface area contributed by atoms with E-state index in [0.717, 1.165) is 30.9 Å². The molecule has 0 saturated carbocycles. The molecule has 0 spiro atoms. The van der Waals surface area contributed by atoms with Crippen LogP contribution in [0.2, 0.25) is 0 Å². The Morgan fingerprint density at radius 1 is 1.27 bits per heavy atom. The number of hydrogen-bond acceptors (Lipinski definition) is 6. The van der Waals surface area contributed by atoms with Crippen molar-refractivity contribution in [1.29, 1.82) is 0 Å². The van der Waals surface area contributed by atoms with Crippen LogP contribution in [0.15, 0.2) is 30.6 Å². The molecule has 0 saturated heterocycles. The van der Waals surface area contributed by atoms with Gasteiger partial charge in [0.25, 0.3) is 0 Å². The molecule has 7 nitrogen and oxygen atoms in total. The number of rotatable bonds is 6. The van der Waals surface area contributed by atoms with E-state index in [4.69, 9.17) is 4.74 Å². The summed E-state index contributed by atoms with van der Waals surface area (Å²) in [7, 11) is 1.67. The van der Waals surface area contributed by atoms with Gasteiger partial charge < -0.3 is 10.1 Å². The molecule has 3 rings (SSSR count). The minimum Gasteiger partial charge on any atom is -0.497 e. The first-order chi connectivity index (χ1) is 10.8. The number of benzene rings is 1. The van der Waals surface area contributed by atoms with E-state index >= 15 is 0 Å². The lowest BCUT2D eigenvalue weighted by molar-refractivity contribution is 0.414. The maximum absolute atomic E-state index is 5.23. The predicted octanol–water partition coefficient (Wildman–Crippen LogP) is 1.90. The van der Waals surface area contributed by atoms with E-state index in [1.807, 2.05) is 25.1 Å². The number of aryl methyl sites for hydroxylation is 1. The van der Waals surface area contributed by atoms with E-state index < -0.39 is 0 Å². The van der Waals surface area contributed by atoms with E-state index in [1.54, 1.807) is 11.8 Å². The van der Waals surface area contributed by atoms with Crippen molar-refractivity contribution in [2.45, 2.75) is 19.9 Å². The molecule has 0 amide bonds. The normalized spacial score (nSPS) is 10.8. The Balaban J connectivity index is 1.70. The molecule has 114 valence electrons. The summed E-state index contributed by atoms with van der Waals surface area (Å²) in [5.41, 5.74) is 2.66. The second-order valence-corrected chi connectivity index (χ2v) is 4.83. The third-order valence-corrected chi connectivity index (χ3v) is 3.44. The fourth-order valence-corrected chi connectivity index (χ4v) is 2.29. The Morgan fingerprint density at radius 3 is 3.00 bits per heavy atom. The van der Waals surface area contributed by atoms with Crippen molar-refractivity contribution in [3.8, 4) is 5.75 Å². The highest BCUT2D eigenvalue weighted by atomic mass is 16.5. The molecule has 1 N–H and O–H groups in total. The largest absolute Gasteiger partial charge is 0.497 e. The average molecular weight is 298 g/mol. The number of hydrogen-bond donors (Lipinski definition) is 1. The smallest absolute Gasteiger partial charge is 0.183 e. The second-order valence-electron chi connectivity index (χ2n) is 4.83. The molecular formula is C15H18N6O. The minimum atomic E-state index is 0.704. The molecule has 2 aromatic heterocycles. The summed E-state index contributed by atoms with van der Waals surface area (Å²) in [6.45, 7) is 3.49. The highest BCUT2D eigenvalue weighted by molar-refractivity contribution is 5.81. The first kappa shape index (κ1) is 14.2. The van der Waals surface area contributed by atoms with Gasteiger partial charge in [0.15, 0.2) is 17.0 Å². The number of nitrogens with zero attached hydrogens (tertiary/aromatic N) is 5. The molecule has 0 aliphatic rings. The highest BCUT2D eigenvalue weighted by Crippen LogP contribution is 2.16. The van der Waals surface area contributed by atoms with Crippen LogP contribution in [0.4, 0.5) is 5.82 Å². The summed E-state index contributed by atoms with van der Waals surface area (Å²) in [4.78, 5) is 8.49. The van der Waals surface area contributed by atoms with Gasteiger partial charge in [-0.2, -0.15) is 0 Å². The van der Waals surface area contributed by atoms with Gasteiger partial charge in [0.2, 0.25) is 0 Å². The van der Waals surface area contributed by atoms with Crippen LogP contribution in [-0.4, -0.2) is 38.6 Å². The van der Waals surface area contributed by atoms with Crippen molar-refractivity contribution in [2.75, 3.05) is 19.0 Å². The Morgan fingerprint density at radius 2 is 2.18 bits per heavy atom. The van der Waals surface area contributed by atoms with Crippen LogP contribution in [0.25, 0.3) is 11.2 Å². The number of aromatic nitrogens is 5. The van der Waals surface area contributed by atoms with Crippen molar-refractivity contribution < 1.29 is 4.74 Å². The van der Waals surface area contributed by atoms with Crippen molar-refractivity contribution in [3.63, 3.8) is 0 Å². The van der Waals surface area contributed by atoms with Crippen LogP contribution in [0, 0.1) is 0 Å². The Bertz CT molecular complexity index is 770. The molecule has 0 aliphatic carbocycles. The minimum absolute atomic E-state index is 0.704. The van der Waals surface area contributed by atoms with Crippen LogP contribution in [-0.2, 0) is 13.0 Å². The first-order valence-electron chi connectivity index (χ1n) is 7.23. The van der Waals surface area contributed by atoms with Gasteiger partial charge in [0, 0.05) is 13.1 Å². The zero-order chi connectivity index (χ0) is 15.4. The van der Waals surface area contributed by atoms with Gasteiger partial charge in [-0.25, -0.2) is 14.6 Å². The quantitative estimate of drug-likeness (QED) is 0.749. The molecule has 7 heteroatoms. The lowest BCUT2D eigenvalue weighted by Crippen LogP contribution is -2.07. The van der Waals surface area contributed by atoms with Crippen LogP contribution < -0.4 is 10.1 Å². The van der Waals surface area contributed by atoms with Crippen molar-refractivity contribution in [2.24, 2.45) is 0 Å². The molecule has 3 aromatic rings. The average Bonchev–Trinajstić information content (AvgIpc) is 2.99. The fraction of sp³-hybridized carbons (Fsp3) is 0.333. The summed E-state index contributed by atoms with van der Waals surface area (Å²) in [5.74, 6) is 1.58. The first-order valence-corrected chi connectivity index (χ1v) is 7.23. The number of fused-ring (bicyclic) bond motifs is 1. The zero-order valence-electron chi connectivity index (χ0n) is 12.7. The van der Waals surface area contributed by atoms with Crippen LogP contribution in [0.1, 0.15) is 12.5 Å². The second kappa shape index (κ2) is 6.38. The fourth-order valence-electron chi connectivity index (χ4n) is 2.29. The molecule has 22 heavy (non-hydrogen) atoms. The van der Waals surface area contributed by atoms with E-state index in [0.29, 0.717) is 11.3 Å². The van der Waals surface area contributed by atoms with Gasteiger partial charge in [-0.15, -0.1) is 5.10 Å². The van der Waals surface area contributed by atoms with E-state index in [-0.39, 0.29) is 0 Å². The molecular weight excluding hydrogens is 280 g/mol. The molecule has 0 unspecified atom stereocenters. The van der Waals surface area contributed by atoms with Gasteiger partial charge in [0.05, 0.1) is 7.11 Å². The summed E-state index contributed by atoms with van der Waals surface area (Å²) >= 11 is 0. The summed E-state index contributed by atoms with van der Waals surface area (Å²) in [5, 5.41) is 11.5. The van der Waals surface area contributed by atoms with Gasteiger partial charge in [-0.1, -0.05) is 17.3 Å². The number of ether oxygens (including phenoxy) is 1. The third kappa shape index (κ3) is 2.83. The van der Waals surface area contributed by atoms with E-state index in [2.05, 4.69) is 31.7 Å². The Kier molecular flexibility index (Phi) is 4.13. The summed E-state index contributed by atoms with van der Waals surface area (Å²) in [6, 6.07) is 8.04. The Hall–Kier alpha value is -2.70. The molecule has 1 aromatic carbocycles. The van der Waals surface area contributed by atoms with E-state index in [1.165, 1.54) is 11.9 Å². The lowest BCUT2D eigenvalue weighted by Gasteiger charge is -2.07. The van der Waals surface area contributed by atoms with Crippen molar-refractivity contribution >= 4 is 17.0 Å². The van der Waals surface area contributed by atoms with Gasteiger partial charge in [0.1, 0.15) is 12.1 Å². The monoisotopic (exact) mass is 298 g/mol. The standard InChI is InChI=1S/C15H18N6O/c1-3-21-15-13(19-20-21)14(17-10-18-15)16-8-7-11-5-4-6-12(9-11)22-2/h4-6,9-10H,3,7-8H2,1-2H3,(H,16,17,18). The lowest BCUT2D eigenvalue weighted by atomic mass is 10.1. The predicted molar refractivity (Wildman–Crippen MR) is 84.0 cm³/mol. The molecule has 0 fully saturated rings. The van der Waals surface area contributed by atoms with E-state index in [9.17, 15) is 0 Å². The molecule has 0 aliphatic heterocycles. The molecule has 0 atom stereocenters. The number of nitrogens with one attached hydrogen (secondary N) is 1. The van der Waals surface area contributed by atoms with Crippen molar-refractivity contribution in [3.05, 3.63) is 36.2 Å². The van der Waals surface area contributed by atoms with Gasteiger partial charge >= 0.3 is 0 Å². The summed E-state index contributed by atoms with van der Waals surface area (Å²) < 4.78 is 6.98. The number of anilines is 1. The van der Waals surface area contributed by atoms with Crippen molar-refractivity contribution in [1.82, 2.24) is 25.0 Å². The summed E-state index contributed by atoms with van der Waals surface area (Å²) in [6.07, 6.45) is 2.40. The Labute approximate surface area is 128 Å². The van der Waals surface area contributed by atoms with Crippen LogP contribution in [0.3, 0.4) is 0 Å². The number of methoxy groups -OCH3 is 1. The third-order valence-electron chi connectivity index (χ3n) is 3.44. The van der Waals surface area contributed by atoms with Crippen LogP contribution in [0.5, 0.6) is 5.75 Å². The maximum atomic E-state index is 5.23.